The molecule has 23 heavy (non-hydrogen) atoms. The van der Waals surface area contributed by atoms with Gasteiger partial charge in [0.05, 0.1) is 0 Å². The molecule has 0 spiro atoms. The third kappa shape index (κ3) is 3.19. The third-order valence-corrected chi connectivity index (χ3v) is 4.75. The van der Waals surface area contributed by atoms with Gasteiger partial charge in [-0.25, -0.2) is 0 Å². The second kappa shape index (κ2) is 6.38. The number of aromatic nitrogens is 1. The number of nitrogens with one attached hydrogen (secondary N) is 1. The second-order valence-corrected chi connectivity index (χ2v) is 6.69. The molecule has 0 radical (unpaired) electrons. The number of nitrogens with zero attached hydrogens (tertiary/aromatic N) is 1. The molecular formula is C18H18N2O2S. The zero-order chi connectivity index (χ0) is 16.4. The van der Waals surface area contributed by atoms with Crippen molar-refractivity contribution < 1.29 is 9.00 Å². The third-order valence-electron chi connectivity index (χ3n) is 3.82. The monoisotopic (exact) mass is 326 g/mol. The number of amides is 1. The molecule has 0 saturated heterocycles. The predicted octanol–water partition coefficient (Wildman–Crippen LogP) is 3.65. The highest BCUT2D eigenvalue weighted by Crippen LogP contribution is 2.21. The van der Waals surface area contributed by atoms with Gasteiger partial charge in [-0.1, -0.05) is 0 Å². The minimum Gasteiger partial charge on any atom is -0.348 e. The van der Waals surface area contributed by atoms with Gasteiger partial charge in [0.2, 0.25) is 0 Å². The first kappa shape index (κ1) is 15.5. The topological polar surface area (TPSA) is 51.1 Å². The van der Waals surface area contributed by atoms with Gasteiger partial charge in [0.15, 0.2) is 0 Å². The van der Waals surface area contributed by atoms with Crippen LogP contribution in [0.4, 0.5) is 5.69 Å². The molecule has 1 N–H and O–H groups in total. The number of aryl methyl sites for hydroxylation is 1. The number of carbonyl (C=O) groups excluding carboxylic acids is 1. The quantitative estimate of drug-likeness (QED) is 0.795. The number of fused-ring (bicyclic) bond motifs is 1. The van der Waals surface area contributed by atoms with Crippen molar-refractivity contribution >= 4 is 33.3 Å². The van der Waals surface area contributed by atoms with Crippen molar-refractivity contribution in [2.75, 3.05) is 11.6 Å². The van der Waals surface area contributed by atoms with Crippen LogP contribution in [0.1, 0.15) is 17.3 Å². The molecule has 1 unspecified atom stereocenters. The van der Waals surface area contributed by atoms with E-state index in [-0.39, 0.29) is 5.91 Å². The number of carbonyl (C=O) groups is 1. The van der Waals surface area contributed by atoms with Crippen molar-refractivity contribution in [3.8, 4) is 0 Å². The second-order valence-electron chi connectivity index (χ2n) is 5.31. The summed E-state index contributed by atoms with van der Waals surface area (Å²) in [5, 5.41) is 4.00. The Morgan fingerprint density at radius 1 is 1.13 bits per heavy atom. The van der Waals surface area contributed by atoms with Crippen molar-refractivity contribution in [2.24, 2.45) is 0 Å². The van der Waals surface area contributed by atoms with Crippen LogP contribution in [0.2, 0.25) is 0 Å². The molecule has 5 heteroatoms. The molecule has 2 aromatic carbocycles. The number of benzene rings is 2. The molecular weight excluding hydrogens is 308 g/mol. The normalized spacial score (nSPS) is 12.3. The van der Waals surface area contributed by atoms with Crippen LogP contribution in [-0.2, 0) is 17.3 Å². The molecule has 1 amide bonds. The van der Waals surface area contributed by atoms with Gasteiger partial charge >= 0.3 is 0 Å². The highest BCUT2D eigenvalue weighted by Gasteiger charge is 2.08. The summed E-state index contributed by atoms with van der Waals surface area (Å²) in [6, 6.07) is 14.7. The lowest BCUT2D eigenvalue weighted by molar-refractivity contribution is 0.102. The number of anilines is 1. The maximum absolute atomic E-state index is 12.3. The van der Waals surface area contributed by atoms with Gasteiger partial charge in [-0.3, -0.25) is 9.00 Å². The average Bonchev–Trinajstić information content (AvgIpc) is 2.97. The Morgan fingerprint density at radius 2 is 1.87 bits per heavy atom. The number of hydrogen-bond donors (Lipinski definition) is 1. The summed E-state index contributed by atoms with van der Waals surface area (Å²) >= 11 is 0. The summed E-state index contributed by atoms with van der Waals surface area (Å²) in [6.45, 7) is 3.02. The Bertz CT molecular complexity index is 882. The van der Waals surface area contributed by atoms with Gasteiger partial charge < -0.3 is 9.88 Å². The van der Waals surface area contributed by atoms with Gasteiger partial charge in [-0.2, -0.15) is 0 Å². The van der Waals surface area contributed by atoms with E-state index in [1.54, 1.807) is 30.5 Å². The molecule has 3 aromatic rings. The van der Waals surface area contributed by atoms with Crippen molar-refractivity contribution in [2.45, 2.75) is 18.4 Å². The van der Waals surface area contributed by atoms with Gasteiger partial charge in [0.1, 0.15) is 0 Å². The van der Waals surface area contributed by atoms with Gasteiger partial charge in [0.25, 0.3) is 5.91 Å². The SMILES string of the molecule is CCn1ccc2cc(NC(=O)c3ccc(S(C)=O)cc3)ccc21. The molecule has 1 atom stereocenters. The zero-order valence-corrected chi connectivity index (χ0v) is 13.9. The van der Waals surface area contributed by atoms with Crippen molar-refractivity contribution in [3.63, 3.8) is 0 Å². The summed E-state index contributed by atoms with van der Waals surface area (Å²) in [7, 11) is -1.04. The van der Waals surface area contributed by atoms with Crippen molar-refractivity contribution in [1.82, 2.24) is 4.57 Å². The van der Waals surface area contributed by atoms with E-state index in [2.05, 4.69) is 16.8 Å². The van der Waals surface area contributed by atoms with Crippen LogP contribution < -0.4 is 5.32 Å². The smallest absolute Gasteiger partial charge is 0.255 e. The van der Waals surface area contributed by atoms with Crippen LogP contribution >= 0.6 is 0 Å². The number of hydrogen-bond acceptors (Lipinski definition) is 2. The molecule has 0 aliphatic carbocycles. The summed E-state index contributed by atoms with van der Waals surface area (Å²) in [4.78, 5) is 13.0. The minimum atomic E-state index is -1.04. The zero-order valence-electron chi connectivity index (χ0n) is 13.1. The fourth-order valence-electron chi connectivity index (χ4n) is 2.55. The summed E-state index contributed by atoms with van der Waals surface area (Å²) in [5.41, 5.74) is 2.46. The van der Waals surface area contributed by atoms with Crippen LogP contribution in [0.15, 0.2) is 59.6 Å². The Kier molecular flexibility index (Phi) is 4.30. The Balaban J connectivity index is 1.80. The average molecular weight is 326 g/mol. The first-order valence-corrected chi connectivity index (χ1v) is 8.98. The molecule has 118 valence electrons. The van der Waals surface area contributed by atoms with E-state index in [4.69, 9.17) is 0 Å². The van der Waals surface area contributed by atoms with E-state index < -0.39 is 10.8 Å². The predicted molar refractivity (Wildman–Crippen MR) is 94.3 cm³/mol. The molecule has 0 aliphatic rings. The van der Waals surface area contributed by atoms with E-state index >= 15 is 0 Å². The van der Waals surface area contributed by atoms with E-state index in [0.717, 1.165) is 23.1 Å². The van der Waals surface area contributed by atoms with Crippen LogP contribution in [0, 0.1) is 0 Å². The molecule has 0 aliphatic heterocycles. The van der Waals surface area contributed by atoms with Crippen LogP contribution in [0.5, 0.6) is 0 Å². The molecule has 3 rings (SSSR count). The van der Waals surface area contributed by atoms with E-state index in [1.807, 2.05) is 30.5 Å². The largest absolute Gasteiger partial charge is 0.348 e. The standard InChI is InChI=1S/C18H18N2O2S/c1-3-20-11-10-14-12-15(6-9-17(14)20)19-18(21)13-4-7-16(8-5-13)23(2)22/h4-12H,3H2,1-2H3,(H,19,21). The molecule has 0 bridgehead atoms. The van der Waals surface area contributed by atoms with Crippen LogP contribution in [0.25, 0.3) is 10.9 Å². The number of rotatable bonds is 4. The maximum atomic E-state index is 12.3. The molecule has 1 aromatic heterocycles. The van der Waals surface area contributed by atoms with E-state index in [0.29, 0.717) is 10.5 Å². The molecule has 0 fully saturated rings. The van der Waals surface area contributed by atoms with Crippen molar-refractivity contribution in [3.05, 3.63) is 60.3 Å². The fourth-order valence-corrected chi connectivity index (χ4v) is 3.07. The first-order valence-electron chi connectivity index (χ1n) is 7.42. The summed E-state index contributed by atoms with van der Waals surface area (Å²) < 4.78 is 13.5. The van der Waals surface area contributed by atoms with Gasteiger partial charge in [-0.15, -0.1) is 0 Å². The Morgan fingerprint density at radius 3 is 2.52 bits per heavy atom. The lowest BCUT2D eigenvalue weighted by Gasteiger charge is -2.07. The van der Waals surface area contributed by atoms with E-state index in [1.165, 1.54) is 0 Å². The van der Waals surface area contributed by atoms with Gasteiger partial charge in [-0.05, 0) is 55.5 Å². The minimum absolute atomic E-state index is 0.173. The molecule has 0 saturated carbocycles. The first-order chi connectivity index (χ1) is 11.1. The highest BCUT2D eigenvalue weighted by molar-refractivity contribution is 7.84. The Labute approximate surface area is 137 Å². The Hall–Kier alpha value is -2.40. The van der Waals surface area contributed by atoms with Gasteiger partial charge in [0, 0.05) is 56.8 Å². The maximum Gasteiger partial charge on any atom is 0.255 e. The van der Waals surface area contributed by atoms with Crippen molar-refractivity contribution in [1.29, 1.82) is 0 Å². The van der Waals surface area contributed by atoms with Crippen LogP contribution in [0.3, 0.4) is 0 Å². The lowest BCUT2D eigenvalue weighted by Crippen LogP contribution is -2.11. The van der Waals surface area contributed by atoms with Crippen LogP contribution in [-0.4, -0.2) is 20.9 Å². The van der Waals surface area contributed by atoms with E-state index in [9.17, 15) is 9.00 Å². The summed E-state index contributed by atoms with van der Waals surface area (Å²) in [6.07, 6.45) is 3.66. The molecule has 4 nitrogen and oxygen atoms in total. The lowest BCUT2D eigenvalue weighted by atomic mass is 10.2. The fraction of sp³-hybridized carbons (Fsp3) is 0.167. The molecule has 1 heterocycles. The highest BCUT2D eigenvalue weighted by atomic mass is 32.2. The summed E-state index contributed by atoms with van der Waals surface area (Å²) in [5.74, 6) is -0.173.